The van der Waals surface area contributed by atoms with E-state index in [0.717, 1.165) is 37.7 Å². The first kappa shape index (κ1) is 16.4. The van der Waals surface area contributed by atoms with Crippen LogP contribution in [0.2, 0.25) is 0 Å². The molecule has 0 bridgehead atoms. The van der Waals surface area contributed by atoms with Crippen LogP contribution in [0, 0.1) is 0 Å². The highest BCUT2D eigenvalue weighted by atomic mass is 32.2. The molecule has 2 aliphatic rings. The van der Waals surface area contributed by atoms with Gasteiger partial charge in [0.1, 0.15) is 15.9 Å². The van der Waals surface area contributed by atoms with Crippen LogP contribution in [0.5, 0.6) is 0 Å². The summed E-state index contributed by atoms with van der Waals surface area (Å²) in [4.78, 5) is 2.78. The van der Waals surface area contributed by atoms with Gasteiger partial charge in [-0.05, 0) is 50.9 Å². The number of sulfonamides is 1. The lowest BCUT2D eigenvalue weighted by atomic mass is 10.0. The van der Waals surface area contributed by atoms with E-state index in [4.69, 9.17) is 0 Å². The molecular weight excluding hydrogens is 344 g/mol. The van der Waals surface area contributed by atoms with Crippen molar-refractivity contribution >= 4 is 32.8 Å². The zero-order valence-corrected chi connectivity index (χ0v) is 15.2. The Morgan fingerprint density at radius 2 is 1.88 bits per heavy atom. The van der Waals surface area contributed by atoms with Gasteiger partial charge in [-0.25, -0.2) is 8.42 Å². The molecule has 4 rings (SSSR count). The number of hydrogen-bond donors (Lipinski definition) is 0. The van der Waals surface area contributed by atoms with Crippen molar-refractivity contribution in [1.29, 1.82) is 0 Å². The Balaban J connectivity index is 1.60. The Morgan fingerprint density at radius 1 is 1.04 bits per heavy atom. The van der Waals surface area contributed by atoms with E-state index in [-0.39, 0.29) is 0 Å². The summed E-state index contributed by atoms with van der Waals surface area (Å²) in [6, 6.07) is 5.57. The van der Waals surface area contributed by atoms with Gasteiger partial charge in [-0.1, -0.05) is 12.5 Å². The van der Waals surface area contributed by atoms with Crippen LogP contribution in [0.25, 0.3) is 11.0 Å². The van der Waals surface area contributed by atoms with E-state index in [2.05, 4.69) is 13.6 Å². The number of benzene rings is 1. The second-order valence-corrected chi connectivity index (χ2v) is 9.08. The van der Waals surface area contributed by atoms with Crippen molar-refractivity contribution in [2.45, 2.75) is 43.0 Å². The van der Waals surface area contributed by atoms with E-state index >= 15 is 0 Å². The molecule has 0 saturated carbocycles. The Kier molecular flexibility index (Phi) is 4.55. The van der Waals surface area contributed by atoms with Crippen LogP contribution in [0.1, 0.15) is 32.1 Å². The number of rotatable bonds is 3. The quantitative estimate of drug-likeness (QED) is 0.834. The van der Waals surface area contributed by atoms with E-state index in [9.17, 15) is 8.42 Å². The Bertz CT molecular complexity index is 814. The molecular formula is C16H22N4O2S2. The number of piperidine rings is 2. The summed E-state index contributed by atoms with van der Waals surface area (Å²) in [5, 5.41) is 0. The van der Waals surface area contributed by atoms with Gasteiger partial charge >= 0.3 is 0 Å². The lowest BCUT2D eigenvalue weighted by molar-refractivity contribution is 0.114. The highest BCUT2D eigenvalue weighted by Gasteiger charge is 2.34. The normalized spacial score (nSPS) is 24.4. The minimum absolute atomic E-state index is 0.299. The average Bonchev–Trinajstić information content (AvgIpc) is 3.11. The van der Waals surface area contributed by atoms with Crippen molar-refractivity contribution in [3.8, 4) is 0 Å². The SMILES string of the molecule is O=S(=O)(c1cccc2nsnc12)N1CCCC(N2CCCCC2)C1. The summed E-state index contributed by atoms with van der Waals surface area (Å²) in [6.07, 6.45) is 5.77. The lowest BCUT2D eigenvalue weighted by Crippen LogP contribution is -2.51. The third-order valence-electron chi connectivity index (χ3n) is 5.13. The molecule has 0 N–H and O–H groups in total. The Labute approximate surface area is 146 Å². The van der Waals surface area contributed by atoms with Crippen molar-refractivity contribution in [2.24, 2.45) is 0 Å². The van der Waals surface area contributed by atoms with Crippen molar-refractivity contribution in [2.75, 3.05) is 26.2 Å². The van der Waals surface area contributed by atoms with Gasteiger partial charge in [-0.2, -0.15) is 13.1 Å². The lowest BCUT2D eigenvalue weighted by Gasteiger charge is -2.40. The molecule has 2 aliphatic heterocycles. The van der Waals surface area contributed by atoms with Crippen molar-refractivity contribution < 1.29 is 8.42 Å². The molecule has 130 valence electrons. The third kappa shape index (κ3) is 2.96. The topological polar surface area (TPSA) is 66.4 Å². The van der Waals surface area contributed by atoms with E-state index in [1.54, 1.807) is 16.4 Å². The van der Waals surface area contributed by atoms with Crippen LogP contribution in [0.15, 0.2) is 23.1 Å². The third-order valence-corrected chi connectivity index (χ3v) is 7.57. The zero-order chi connectivity index (χ0) is 16.6. The molecule has 1 aromatic heterocycles. The molecule has 1 atom stereocenters. The van der Waals surface area contributed by atoms with Crippen LogP contribution < -0.4 is 0 Å². The number of fused-ring (bicyclic) bond motifs is 1. The van der Waals surface area contributed by atoms with Crippen LogP contribution in [-0.2, 0) is 10.0 Å². The fourth-order valence-electron chi connectivity index (χ4n) is 3.85. The molecule has 8 heteroatoms. The summed E-state index contributed by atoms with van der Waals surface area (Å²) < 4.78 is 36.4. The van der Waals surface area contributed by atoms with Crippen molar-refractivity contribution in [1.82, 2.24) is 18.0 Å². The zero-order valence-electron chi connectivity index (χ0n) is 13.6. The highest BCUT2D eigenvalue weighted by molar-refractivity contribution is 7.89. The van der Waals surface area contributed by atoms with Gasteiger partial charge in [0.15, 0.2) is 0 Å². The molecule has 0 radical (unpaired) electrons. The predicted octanol–water partition coefficient (Wildman–Crippen LogP) is 2.33. The highest BCUT2D eigenvalue weighted by Crippen LogP contribution is 2.28. The van der Waals surface area contributed by atoms with Gasteiger partial charge in [0.05, 0.1) is 11.7 Å². The van der Waals surface area contributed by atoms with Crippen molar-refractivity contribution in [3.05, 3.63) is 18.2 Å². The van der Waals surface area contributed by atoms with E-state index in [0.29, 0.717) is 35.1 Å². The number of hydrogen-bond acceptors (Lipinski definition) is 6. The predicted molar refractivity (Wildman–Crippen MR) is 94.6 cm³/mol. The average molecular weight is 367 g/mol. The van der Waals surface area contributed by atoms with Crippen LogP contribution in [-0.4, -0.2) is 58.6 Å². The largest absolute Gasteiger partial charge is 0.299 e. The molecule has 0 amide bonds. The van der Waals surface area contributed by atoms with Gasteiger partial charge in [-0.3, -0.25) is 4.90 Å². The van der Waals surface area contributed by atoms with Gasteiger partial charge in [-0.15, -0.1) is 0 Å². The Morgan fingerprint density at radius 3 is 2.71 bits per heavy atom. The maximum atomic E-state index is 13.2. The van der Waals surface area contributed by atoms with E-state index in [1.165, 1.54) is 19.3 Å². The summed E-state index contributed by atoms with van der Waals surface area (Å²) in [7, 11) is -3.52. The fraction of sp³-hybridized carbons (Fsp3) is 0.625. The first-order chi connectivity index (χ1) is 11.7. The fourth-order valence-corrected chi connectivity index (χ4v) is 6.12. The smallest absolute Gasteiger partial charge is 0.245 e. The minimum atomic E-state index is -3.52. The standard InChI is InChI=1S/C16H22N4O2S2/c21-24(22,15-8-4-7-14-16(15)18-23-17-14)20-11-5-6-13(12-20)19-9-2-1-3-10-19/h4,7-8,13H,1-3,5-6,9-12H2. The van der Waals surface area contributed by atoms with Crippen LogP contribution in [0.4, 0.5) is 0 Å². The van der Waals surface area contributed by atoms with E-state index < -0.39 is 10.0 Å². The maximum absolute atomic E-state index is 13.2. The first-order valence-electron chi connectivity index (χ1n) is 8.62. The van der Waals surface area contributed by atoms with Gasteiger partial charge in [0, 0.05) is 19.1 Å². The van der Waals surface area contributed by atoms with Gasteiger partial charge < -0.3 is 0 Å². The van der Waals surface area contributed by atoms with Gasteiger partial charge in [0.25, 0.3) is 0 Å². The molecule has 6 nitrogen and oxygen atoms in total. The summed E-state index contributed by atoms with van der Waals surface area (Å²) in [5.41, 5.74) is 1.16. The molecule has 2 fully saturated rings. The molecule has 1 aromatic carbocycles. The first-order valence-corrected chi connectivity index (χ1v) is 10.8. The Hall–Kier alpha value is -1.09. The molecule has 2 aromatic rings. The maximum Gasteiger partial charge on any atom is 0.245 e. The molecule has 0 aliphatic carbocycles. The van der Waals surface area contributed by atoms with Gasteiger partial charge in [0.2, 0.25) is 10.0 Å². The number of nitrogens with zero attached hydrogens (tertiary/aromatic N) is 4. The van der Waals surface area contributed by atoms with Crippen LogP contribution >= 0.6 is 11.7 Å². The summed E-state index contributed by atoms with van der Waals surface area (Å²) in [6.45, 7) is 3.39. The van der Waals surface area contributed by atoms with E-state index in [1.807, 2.05) is 6.07 Å². The molecule has 2 saturated heterocycles. The second kappa shape index (κ2) is 6.67. The summed E-state index contributed by atoms with van der Waals surface area (Å²) >= 11 is 1.06. The second-order valence-electron chi connectivity index (χ2n) is 6.64. The number of aromatic nitrogens is 2. The molecule has 24 heavy (non-hydrogen) atoms. The summed E-state index contributed by atoms with van der Waals surface area (Å²) in [5.74, 6) is 0. The number of likely N-dealkylation sites (tertiary alicyclic amines) is 1. The molecule has 0 spiro atoms. The van der Waals surface area contributed by atoms with Crippen LogP contribution in [0.3, 0.4) is 0 Å². The minimum Gasteiger partial charge on any atom is -0.299 e. The molecule has 3 heterocycles. The monoisotopic (exact) mass is 366 g/mol. The van der Waals surface area contributed by atoms with Crippen molar-refractivity contribution in [3.63, 3.8) is 0 Å². The molecule has 1 unspecified atom stereocenters.